The summed E-state index contributed by atoms with van der Waals surface area (Å²) >= 11 is 0. The van der Waals surface area contributed by atoms with Gasteiger partial charge in [-0.1, -0.05) is 66.7 Å². The fraction of sp³-hybridized carbons (Fsp3) is 0.0333. The molecule has 6 aromatic rings. The molecule has 152 valence electrons. The van der Waals surface area contributed by atoms with Crippen LogP contribution in [0.1, 0.15) is 5.69 Å². The van der Waals surface area contributed by atoms with Crippen molar-refractivity contribution in [2.24, 2.45) is 0 Å². The molecule has 0 aliphatic heterocycles. The zero-order chi connectivity index (χ0) is 21.5. The van der Waals surface area contributed by atoms with Gasteiger partial charge in [0.2, 0.25) is 0 Å². The number of fused-ring (bicyclic) bond motifs is 3. The van der Waals surface area contributed by atoms with Gasteiger partial charge in [-0.05, 0) is 66.6 Å². The van der Waals surface area contributed by atoms with Crippen LogP contribution in [0.25, 0.3) is 49.9 Å². The molecule has 0 saturated carbocycles. The van der Waals surface area contributed by atoms with E-state index in [1.165, 1.54) is 38.6 Å². The lowest BCUT2D eigenvalue weighted by Crippen LogP contribution is -1.92. The Labute approximate surface area is 187 Å². The standard InChI is InChI=1S/C30H22N2/c1-21-9-7-15-28(31-21)24-11-8-10-22(19-24)23-17-18-30-27(20-23)26-14-5-6-16-29(26)32(30)25-12-3-2-4-13-25/h2-20H,1H3. The minimum atomic E-state index is 1.01. The lowest BCUT2D eigenvalue weighted by Gasteiger charge is -2.09. The predicted octanol–water partition coefficient (Wildman–Crippen LogP) is 7.82. The molecule has 0 atom stereocenters. The van der Waals surface area contributed by atoms with Crippen LogP contribution in [0.5, 0.6) is 0 Å². The Morgan fingerprint density at radius 1 is 0.531 bits per heavy atom. The molecule has 0 aliphatic rings. The van der Waals surface area contributed by atoms with E-state index in [1.807, 2.05) is 13.0 Å². The highest BCUT2D eigenvalue weighted by Crippen LogP contribution is 2.35. The van der Waals surface area contributed by atoms with Crippen LogP contribution in [0, 0.1) is 6.92 Å². The number of pyridine rings is 1. The van der Waals surface area contributed by atoms with E-state index in [2.05, 4.69) is 114 Å². The van der Waals surface area contributed by atoms with Crippen molar-refractivity contribution in [2.75, 3.05) is 0 Å². The van der Waals surface area contributed by atoms with Crippen molar-refractivity contribution in [2.45, 2.75) is 6.92 Å². The van der Waals surface area contributed by atoms with Gasteiger partial charge in [0.1, 0.15) is 0 Å². The maximum absolute atomic E-state index is 4.70. The number of hydrogen-bond acceptors (Lipinski definition) is 1. The summed E-state index contributed by atoms with van der Waals surface area (Å²) in [7, 11) is 0. The molecule has 0 aliphatic carbocycles. The quantitative estimate of drug-likeness (QED) is 0.291. The molecule has 32 heavy (non-hydrogen) atoms. The van der Waals surface area contributed by atoms with Gasteiger partial charge in [-0.25, -0.2) is 0 Å². The molecule has 2 heteroatoms. The number of nitrogens with zero attached hydrogens (tertiary/aromatic N) is 2. The summed E-state index contributed by atoms with van der Waals surface area (Å²) in [6.07, 6.45) is 0. The lowest BCUT2D eigenvalue weighted by molar-refractivity contribution is 1.18. The molecule has 0 radical (unpaired) electrons. The Hall–Kier alpha value is -4.17. The molecule has 0 unspecified atom stereocenters. The van der Waals surface area contributed by atoms with Crippen molar-refractivity contribution < 1.29 is 0 Å². The van der Waals surface area contributed by atoms with Crippen LogP contribution >= 0.6 is 0 Å². The number of aromatic nitrogens is 2. The van der Waals surface area contributed by atoms with Gasteiger partial charge in [0.25, 0.3) is 0 Å². The van der Waals surface area contributed by atoms with E-state index in [1.54, 1.807) is 0 Å². The van der Waals surface area contributed by atoms with E-state index in [4.69, 9.17) is 4.98 Å². The molecule has 0 bridgehead atoms. The van der Waals surface area contributed by atoms with Crippen molar-refractivity contribution in [3.8, 4) is 28.1 Å². The van der Waals surface area contributed by atoms with Crippen molar-refractivity contribution >= 4 is 21.8 Å². The first-order valence-corrected chi connectivity index (χ1v) is 10.9. The SMILES string of the molecule is Cc1cccc(-c2cccc(-c3ccc4c(c3)c3ccccc3n4-c3ccccc3)c2)n1. The Balaban J connectivity index is 1.54. The minimum absolute atomic E-state index is 1.01. The van der Waals surface area contributed by atoms with Crippen LogP contribution in [0.2, 0.25) is 0 Å². The summed E-state index contributed by atoms with van der Waals surface area (Å²) in [5.41, 5.74) is 9.21. The largest absolute Gasteiger partial charge is 0.309 e. The third-order valence-electron chi connectivity index (χ3n) is 6.07. The van der Waals surface area contributed by atoms with Crippen molar-refractivity contribution in [1.29, 1.82) is 0 Å². The first-order valence-electron chi connectivity index (χ1n) is 10.9. The normalized spacial score (nSPS) is 11.3. The van der Waals surface area contributed by atoms with E-state index in [0.29, 0.717) is 0 Å². The van der Waals surface area contributed by atoms with Gasteiger partial charge in [0, 0.05) is 27.7 Å². The Bertz CT molecular complexity index is 1580. The molecule has 0 N–H and O–H groups in total. The van der Waals surface area contributed by atoms with Crippen LogP contribution in [-0.4, -0.2) is 9.55 Å². The van der Waals surface area contributed by atoms with Gasteiger partial charge < -0.3 is 4.57 Å². The number of benzene rings is 4. The highest BCUT2D eigenvalue weighted by atomic mass is 15.0. The van der Waals surface area contributed by atoms with E-state index < -0.39 is 0 Å². The molecule has 6 rings (SSSR count). The van der Waals surface area contributed by atoms with Gasteiger partial charge in [-0.2, -0.15) is 0 Å². The van der Waals surface area contributed by atoms with Gasteiger partial charge in [0.05, 0.1) is 16.7 Å². The lowest BCUT2D eigenvalue weighted by atomic mass is 9.99. The van der Waals surface area contributed by atoms with E-state index in [9.17, 15) is 0 Å². The molecular formula is C30H22N2. The van der Waals surface area contributed by atoms with Crippen LogP contribution in [-0.2, 0) is 0 Å². The van der Waals surface area contributed by atoms with Crippen LogP contribution in [0.15, 0.2) is 115 Å². The van der Waals surface area contributed by atoms with E-state index in [0.717, 1.165) is 17.0 Å². The first kappa shape index (κ1) is 18.6. The van der Waals surface area contributed by atoms with Crippen LogP contribution in [0.4, 0.5) is 0 Å². The number of aryl methyl sites for hydroxylation is 1. The van der Waals surface area contributed by atoms with Crippen LogP contribution < -0.4 is 0 Å². The predicted molar refractivity (Wildman–Crippen MR) is 134 cm³/mol. The molecule has 2 nitrogen and oxygen atoms in total. The monoisotopic (exact) mass is 410 g/mol. The number of rotatable bonds is 3. The van der Waals surface area contributed by atoms with Crippen molar-refractivity contribution in [1.82, 2.24) is 9.55 Å². The molecule has 0 amide bonds. The van der Waals surface area contributed by atoms with E-state index >= 15 is 0 Å². The molecule has 0 spiro atoms. The maximum Gasteiger partial charge on any atom is 0.0705 e. The Morgan fingerprint density at radius 3 is 2.12 bits per heavy atom. The zero-order valence-corrected chi connectivity index (χ0v) is 17.9. The average molecular weight is 411 g/mol. The Kier molecular flexibility index (Phi) is 4.36. The zero-order valence-electron chi connectivity index (χ0n) is 17.9. The van der Waals surface area contributed by atoms with Crippen molar-refractivity contribution in [3.05, 3.63) is 121 Å². The molecule has 4 aromatic carbocycles. The highest BCUT2D eigenvalue weighted by Gasteiger charge is 2.13. The summed E-state index contributed by atoms with van der Waals surface area (Å²) in [6, 6.07) is 40.8. The second kappa shape index (κ2) is 7.51. The summed E-state index contributed by atoms with van der Waals surface area (Å²) in [5.74, 6) is 0. The third-order valence-corrected chi connectivity index (χ3v) is 6.07. The van der Waals surface area contributed by atoms with Gasteiger partial charge >= 0.3 is 0 Å². The second-order valence-electron chi connectivity index (χ2n) is 8.17. The van der Waals surface area contributed by atoms with Gasteiger partial charge in [-0.15, -0.1) is 0 Å². The molecule has 2 aromatic heterocycles. The number of hydrogen-bond donors (Lipinski definition) is 0. The van der Waals surface area contributed by atoms with E-state index in [-0.39, 0.29) is 0 Å². The smallest absolute Gasteiger partial charge is 0.0705 e. The van der Waals surface area contributed by atoms with Gasteiger partial charge in [-0.3, -0.25) is 4.98 Å². The molecule has 0 fully saturated rings. The molecule has 2 heterocycles. The van der Waals surface area contributed by atoms with Crippen LogP contribution in [0.3, 0.4) is 0 Å². The highest BCUT2D eigenvalue weighted by molar-refractivity contribution is 6.10. The third kappa shape index (κ3) is 3.09. The maximum atomic E-state index is 4.70. The minimum Gasteiger partial charge on any atom is -0.309 e. The fourth-order valence-electron chi connectivity index (χ4n) is 4.57. The fourth-order valence-corrected chi connectivity index (χ4v) is 4.57. The number of para-hydroxylation sites is 2. The Morgan fingerprint density at radius 2 is 1.25 bits per heavy atom. The average Bonchev–Trinajstić information content (AvgIpc) is 3.18. The molecule has 0 saturated heterocycles. The summed E-state index contributed by atoms with van der Waals surface area (Å²) in [6.45, 7) is 2.03. The second-order valence-corrected chi connectivity index (χ2v) is 8.17. The molecular weight excluding hydrogens is 388 g/mol. The summed E-state index contributed by atoms with van der Waals surface area (Å²) < 4.78 is 2.35. The topological polar surface area (TPSA) is 17.8 Å². The first-order chi connectivity index (χ1) is 15.8. The summed E-state index contributed by atoms with van der Waals surface area (Å²) in [4.78, 5) is 4.70. The van der Waals surface area contributed by atoms with Crippen molar-refractivity contribution in [3.63, 3.8) is 0 Å². The summed E-state index contributed by atoms with van der Waals surface area (Å²) in [5, 5.41) is 2.53. The van der Waals surface area contributed by atoms with Gasteiger partial charge in [0.15, 0.2) is 0 Å².